The third-order valence-electron chi connectivity index (χ3n) is 2.65. The molecule has 1 saturated heterocycles. The monoisotopic (exact) mass is 185 g/mol. The molecule has 13 heavy (non-hydrogen) atoms. The van der Waals surface area contributed by atoms with E-state index in [4.69, 9.17) is 5.84 Å². The third kappa shape index (κ3) is 6.02. The lowest BCUT2D eigenvalue weighted by atomic mass is 10.0. The minimum Gasteiger partial charge on any atom is -0.314 e. The van der Waals surface area contributed by atoms with Crippen molar-refractivity contribution in [2.24, 2.45) is 5.84 Å². The number of nitrogens with two attached hydrogens (primary N) is 1. The van der Waals surface area contributed by atoms with Crippen LogP contribution < -0.4 is 11.2 Å². The molecule has 1 aliphatic heterocycles. The normalized spacial score (nSPS) is 24.7. The highest BCUT2D eigenvalue weighted by atomic mass is 15.4. The molecule has 0 aromatic carbocycles. The fraction of sp³-hybridized carbons (Fsp3) is 1.00. The lowest BCUT2D eigenvalue weighted by Gasteiger charge is -2.21. The van der Waals surface area contributed by atoms with Gasteiger partial charge in [-0.25, -0.2) is 5.01 Å². The summed E-state index contributed by atoms with van der Waals surface area (Å²) in [6, 6.07) is 0. The molecule has 1 heterocycles. The number of hydrogen-bond donors (Lipinski definition) is 2. The fourth-order valence-corrected chi connectivity index (χ4v) is 1.74. The van der Waals surface area contributed by atoms with Crippen LogP contribution in [0.25, 0.3) is 0 Å². The van der Waals surface area contributed by atoms with Crippen LogP contribution in [0.3, 0.4) is 0 Å². The molecule has 0 aromatic heterocycles. The second-order valence-electron chi connectivity index (χ2n) is 3.91. The van der Waals surface area contributed by atoms with E-state index >= 15 is 0 Å². The summed E-state index contributed by atoms with van der Waals surface area (Å²) >= 11 is 0. The minimum absolute atomic E-state index is 0.986. The van der Waals surface area contributed by atoms with Crippen molar-refractivity contribution in [3.8, 4) is 0 Å². The Morgan fingerprint density at radius 3 is 1.38 bits per heavy atom. The van der Waals surface area contributed by atoms with E-state index in [1.54, 1.807) is 0 Å². The van der Waals surface area contributed by atoms with Gasteiger partial charge in [0, 0.05) is 26.2 Å². The first-order chi connectivity index (χ1) is 6.39. The maximum Gasteiger partial charge on any atom is 0.0254 e. The quantitative estimate of drug-likeness (QED) is 0.555. The highest BCUT2D eigenvalue weighted by molar-refractivity contribution is 4.60. The Hall–Kier alpha value is -0.120. The van der Waals surface area contributed by atoms with E-state index in [9.17, 15) is 0 Å². The molecule has 0 radical (unpaired) electrons. The first-order valence-electron chi connectivity index (χ1n) is 5.60. The second kappa shape index (κ2) is 7.30. The van der Waals surface area contributed by atoms with Crippen molar-refractivity contribution in [2.75, 3.05) is 26.2 Å². The zero-order valence-corrected chi connectivity index (χ0v) is 8.60. The van der Waals surface area contributed by atoms with Crippen LogP contribution in [0, 0.1) is 0 Å². The summed E-state index contributed by atoms with van der Waals surface area (Å²) in [4.78, 5) is 0. The predicted molar refractivity (Wildman–Crippen MR) is 56.3 cm³/mol. The zero-order chi connectivity index (χ0) is 9.36. The molecule has 0 bridgehead atoms. The molecular weight excluding hydrogens is 162 g/mol. The van der Waals surface area contributed by atoms with Gasteiger partial charge in [-0.2, -0.15) is 0 Å². The van der Waals surface area contributed by atoms with E-state index in [0.717, 1.165) is 26.2 Å². The van der Waals surface area contributed by atoms with Gasteiger partial charge in [-0.15, -0.1) is 0 Å². The molecule has 0 atom stereocenters. The van der Waals surface area contributed by atoms with E-state index in [0.29, 0.717) is 0 Å². The predicted octanol–water partition coefficient (Wildman–Crippen LogP) is 1.11. The first-order valence-corrected chi connectivity index (χ1v) is 5.60. The molecule has 2 rings (SSSR count). The molecule has 0 spiro atoms. The van der Waals surface area contributed by atoms with Gasteiger partial charge in [0.25, 0.3) is 0 Å². The number of rotatable bonds is 0. The number of piperazine rings is 1. The Morgan fingerprint density at radius 1 is 0.769 bits per heavy atom. The van der Waals surface area contributed by atoms with Gasteiger partial charge in [0.1, 0.15) is 0 Å². The molecule has 2 aliphatic rings. The van der Waals surface area contributed by atoms with Gasteiger partial charge in [-0.3, -0.25) is 5.84 Å². The van der Waals surface area contributed by atoms with Crippen LogP contribution in [0.15, 0.2) is 0 Å². The Balaban J connectivity index is 0.000000132. The van der Waals surface area contributed by atoms with E-state index in [-0.39, 0.29) is 0 Å². The van der Waals surface area contributed by atoms with Crippen LogP contribution in [0.1, 0.15) is 38.5 Å². The standard InChI is InChI=1S/C6H12.C4H11N3/c1-2-4-6-5-3-1;5-7-3-1-6-2-4-7/h1-6H2;6H,1-5H2. The average molecular weight is 185 g/mol. The summed E-state index contributed by atoms with van der Waals surface area (Å²) in [6.07, 6.45) is 9.00. The summed E-state index contributed by atoms with van der Waals surface area (Å²) in [5, 5.41) is 5.02. The van der Waals surface area contributed by atoms with E-state index < -0.39 is 0 Å². The Morgan fingerprint density at radius 2 is 1.15 bits per heavy atom. The van der Waals surface area contributed by atoms with E-state index in [1.165, 1.54) is 38.5 Å². The zero-order valence-electron chi connectivity index (χ0n) is 8.60. The number of hydrogen-bond acceptors (Lipinski definition) is 3. The molecule has 3 nitrogen and oxygen atoms in total. The van der Waals surface area contributed by atoms with Crippen LogP contribution in [-0.4, -0.2) is 31.2 Å². The van der Waals surface area contributed by atoms with Crippen molar-refractivity contribution in [2.45, 2.75) is 38.5 Å². The van der Waals surface area contributed by atoms with Gasteiger partial charge in [-0.1, -0.05) is 38.5 Å². The second-order valence-corrected chi connectivity index (χ2v) is 3.91. The van der Waals surface area contributed by atoms with Crippen LogP contribution >= 0.6 is 0 Å². The Kier molecular flexibility index (Phi) is 6.15. The Bertz CT molecular complexity index is 95.2. The summed E-state index contributed by atoms with van der Waals surface area (Å²) in [7, 11) is 0. The van der Waals surface area contributed by atoms with E-state index in [1.807, 2.05) is 5.01 Å². The lowest BCUT2D eigenvalue weighted by molar-refractivity contribution is 0.248. The minimum atomic E-state index is 0.986. The SMILES string of the molecule is C1CCCCC1.NN1CCNCC1. The molecule has 1 aliphatic carbocycles. The van der Waals surface area contributed by atoms with Crippen molar-refractivity contribution in [1.82, 2.24) is 10.3 Å². The number of nitrogens with one attached hydrogen (secondary N) is 1. The van der Waals surface area contributed by atoms with Gasteiger partial charge in [0.2, 0.25) is 0 Å². The van der Waals surface area contributed by atoms with Crippen molar-refractivity contribution in [3.05, 3.63) is 0 Å². The molecule has 3 N–H and O–H groups in total. The van der Waals surface area contributed by atoms with Gasteiger partial charge in [0.05, 0.1) is 0 Å². The van der Waals surface area contributed by atoms with Crippen molar-refractivity contribution in [3.63, 3.8) is 0 Å². The van der Waals surface area contributed by atoms with Crippen LogP contribution in [0.2, 0.25) is 0 Å². The summed E-state index contributed by atoms with van der Waals surface area (Å²) < 4.78 is 0. The molecule has 0 unspecified atom stereocenters. The average Bonchev–Trinajstić information content (AvgIpc) is 2.22. The van der Waals surface area contributed by atoms with Crippen LogP contribution in [-0.2, 0) is 0 Å². The number of hydrazine groups is 1. The maximum atomic E-state index is 5.43. The highest BCUT2D eigenvalue weighted by Gasteiger charge is 2.01. The van der Waals surface area contributed by atoms with E-state index in [2.05, 4.69) is 5.32 Å². The lowest BCUT2D eigenvalue weighted by Crippen LogP contribution is -2.47. The number of nitrogens with zero attached hydrogens (tertiary/aromatic N) is 1. The van der Waals surface area contributed by atoms with Crippen molar-refractivity contribution >= 4 is 0 Å². The van der Waals surface area contributed by atoms with Crippen molar-refractivity contribution in [1.29, 1.82) is 0 Å². The van der Waals surface area contributed by atoms with Gasteiger partial charge >= 0.3 is 0 Å². The highest BCUT2D eigenvalue weighted by Crippen LogP contribution is 2.15. The van der Waals surface area contributed by atoms with Crippen molar-refractivity contribution < 1.29 is 0 Å². The first kappa shape index (κ1) is 11.0. The fourth-order valence-electron chi connectivity index (χ4n) is 1.74. The van der Waals surface area contributed by atoms with Gasteiger partial charge in [-0.05, 0) is 0 Å². The van der Waals surface area contributed by atoms with Gasteiger partial charge in [0.15, 0.2) is 0 Å². The molecule has 1 saturated carbocycles. The summed E-state index contributed by atoms with van der Waals surface area (Å²) in [5.74, 6) is 5.43. The molecular formula is C10H23N3. The molecule has 2 fully saturated rings. The Labute approximate surface area is 81.6 Å². The third-order valence-corrected chi connectivity index (χ3v) is 2.65. The maximum absolute atomic E-state index is 5.43. The van der Waals surface area contributed by atoms with Crippen LogP contribution in [0.5, 0.6) is 0 Å². The largest absolute Gasteiger partial charge is 0.314 e. The molecule has 0 aromatic rings. The molecule has 0 amide bonds. The van der Waals surface area contributed by atoms with Crippen LogP contribution in [0.4, 0.5) is 0 Å². The smallest absolute Gasteiger partial charge is 0.0254 e. The van der Waals surface area contributed by atoms with Gasteiger partial charge < -0.3 is 5.32 Å². The topological polar surface area (TPSA) is 41.3 Å². The molecule has 3 heteroatoms. The molecule has 78 valence electrons. The summed E-state index contributed by atoms with van der Waals surface area (Å²) in [5.41, 5.74) is 0. The summed E-state index contributed by atoms with van der Waals surface area (Å²) in [6.45, 7) is 4.05.